The minimum absolute atomic E-state index is 0.0887. The third-order valence-corrected chi connectivity index (χ3v) is 6.28. The van der Waals surface area contributed by atoms with Crippen molar-refractivity contribution in [1.82, 2.24) is 19.8 Å². The number of aromatic nitrogens is 2. The maximum atomic E-state index is 12.2. The predicted molar refractivity (Wildman–Crippen MR) is 109 cm³/mol. The fourth-order valence-electron chi connectivity index (χ4n) is 4.62. The molecular formula is C21H35N5O. The van der Waals surface area contributed by atoms with Crippen LogP contribution in [-0.4, -0.2) is 70.5 Å². The van der Waals surface area contributed by atoms with Crippen molar-refractivity contribution >= 4 is 11.9 Å². The number of carbonyl (C=O) groups is 1. The van der Waals surface area contributed by atoms with Crippen molar-refractivity contribution in [2.75, 3.05) is 44.2 Å². The Labute approximate surface area is 164 Å². The molecule has 1 saturated heterocycles. The Morgan fingerprint density at radius 2 is 1.74 bits per heavy atom. The number of unbranched alkanes of at least 4 members (excludes halogenated alkanes) is 1. The number of amides is 1. The van der Waals surface area contributed by atoms with E-state index >= 15 is 0 Å². The van der Waals surface area contributed by atoms with E-state index < -0.39 is 0 Å². The van der Waals surface area contributed by atoms with Gasteiger partial charge in [-0.15, -0.1) is 0 Å². The standard InChI is InChI=1S/C21H35N5O/c1-19(27)26(21(2)9-4-3-5-10-21)14-7-6-13-24-15-17-25(18-16-24)20-22-11-8-12-23-20/h8,11-12H,3-7,9-10,13-18H2,1-2H3. The van der Waals surface area contributed by atoms with E-state index in [9.17, 15) is 4.79 Å². The molecule has 1 saturated carbocycles. The predicted octanol–water partition coefficient (Wildman–Crippen LogP) is 2.95. The maximum absolute atomic E-state index is 12.2. The van der Waals surface area contributed by atoms with E-state index in [1.54, 1.807) is 6.92 Å². The molecule has 2 fully saturated rings. The van der Waals surface area contributed by atoms with Crippen LogP contribution in [0.1, 0.15) is 58.8 Å². The summed E-state index contributed by atoms with van der Waals surface area (Å²) in [5.41, 5.74) is 0.0887. The van der Waals surface area contributed by atoms with Crippen molar-refractivity contribution in [3.05, 3.63) is 18.5 Å². The third-order valence-electron chi connectivity index (χ3n) is 6.28. The molecule has 0 radical (unpaired) electrons. The molecule has 0 unspecified atom stereocenters. The minimum Gasteiger partial charge on any atom is -0.338 e. The van der Waals surface area contributed by atoms with Gasteiger partial charge in [-0.3, -0.25) is 9.69 Å². The van der Waals surface area contributed by atoms with Crippen LogP contribution in [0.25, 0.3) is 0 Å². The van der Waals surface area contributed by atoms with Crippen LogP contribution in [-0.2, 0) is 4.79 Å². The van der Waals surface area contributed by atoms with Crippen LogP contribution in [0.4, 0.5) is 5.95 Å². The normalized spacial score (nSPS) is 20.4. The lowest BCUT2D eigenvalue weighted by atomic mass is 9.81. The Bertz CT molecular complexity index is 579. The van der Waals surface area contributed by atoms with Gasteiger partial charge in [0.2, 0.25) is 11.9 Å². The first kappa shape index (κ1) is 20.1. The summed E-state index contributed by atoms with van der Waals surface area (Å²) in [5.74, 6) is 1.09. The molecule has 1 aliphatic carbocycles. The molecule has 2 aliphatic rings. The molecular weight excluding hydrogens is 338 g/mol. The molecule has 0 atom stereocenters. The van der Waals surface area contributed by atoms with Crippen molar-refractivity contribution in [2.24, 2.45) is 0 Å². The summed E-state index contributed by atoms with van der Waals surface area (Å²) in [6.45, 7) is 10.2. The van der Waals surface area contributed by atoms with Crippen LogP contribution in [0, 0.1) is 0 Å². The quantitative estimate of drug-likeness (QED) is 0.688. The summed E-state index contributed by atoms with van der Waals surface area (Å²) in [6.07, 6.45) is 12.0. The van der Waals surface area contributed by atoms with Crippen molar-refractivity contribution in [3.63, 3.8) is 0 Å². The summed E-state index contributed by atoms with van der Waals surface area (Å²) in [7, 11) is 0. The Hall–Kier alpha value is -1.69. The van der Waals surface area contributed by atoms with Gasteiger partial charge in [-0.05, 0) is 45.2 Å². The number of anilines is 1. The van der Waals surface area contributed by atoms with E-state index in [1.807, 2.05) is 18.5 Å². The Morgan fingerprint density at radius 3 is 2.37 bits per heavy atom. The highest BCUT2D eigenvalue weighted by atomic mass is 16.2. The fourth-order valence-corrected chi connectivity index (χ4v) is 4.62. The van der Waals surface area contributed by atoms with E-state index in [2.05, 4.69) is 31.6 Å². The zero-order chi connectivity index (χ0) is 19.1. The summed E-state index contributed by atoms with van der Waals surface area (Å²) < 4.78 is 0. The average molecular weight is 374 g/mol. The smallest absolute Gasteiger partial charge is 0.225 e. The Morgan fingerprint density at radius 1 is 1.07 bits per heavy atom. The molecule has 6 heteroatoms. The van der Waals surface area contributed by atoms with Gasteiger partial charge in [0.05, 0.1) is 0 Å². The zero-order valence-electron chi connectivity index (χ0n) is 17.1. The van der Waals surface area contributed by atoms with Crippen molar-refractivity contribution < 1.29 is 4.79 Å². The maximum Gasteiger partial charge on any atom is 0.225 e. The third kappa shape index (κ3) is 5.41. The highest BCUT2D eigenvalue weighted by Crippen LogP contribution is 2.33. The van der Waals surface area contributed by atoms with E-state index in [0.29, 0.717) is 0 Å². The number of carbonyl (C=O) groups excluding carboxylic acids is 1. The van der Waals surface area contributed by atoms with Crippen LogP contribution in [0.5, 0.6) is 0 Å². The summed E-state index contributed by atoms with van der Waals surface area (Å²) in [6, 6.07) is 1.86. The average Bonchev–Trinajstić information content (AvgIpc) is 2.69. The van der Waals surface area contributed by atoms with Crippen LogP contribution in [0.2, 0.25) is 0 Å². The van der Waals surface area contributed by atoms with Gasteiger partial charge in [0.25, 0.3) is 0 Å². The number of nitrogens with zero attached hydrogens (tertiary/aromatic N) is 5. The van der Waals surface area contributed by atoms with Gasteiger partial charge < -0.3 is 9.80 Å². The van der Waals surface area contributed by atoms with E-state index in [-0.39, 0.29) is 11.4 Å². The molecule has 1 aromatic rings. The monoisotopic (exact) mass is 373 g/mol. The number of rotatable bonds is 7. The molecule has 0 aromatic carbocycles. The second-order valence-corrected chi connectivity index (χ2v) is 8.31. The second kappa shape index (κ2) is 9.49. The molecule has 0 bridgehead atoms. The van der Waals surface area contributed by atoms with Gasteiger partial charge in [0, 0.05) is 57.6 Å². The lowest BCUT2D eigenvalue weighted by Crippen LogP contribution is -2.50. The molecule has 0 N–H and O–H groups in total. The van der Waals surface area contributed by atoms with Gasteiger partial charge in [-0.1, -0.05) is 19.3 Å². The molecule has 2 heterocycles. The molecule has 150 valence electrons. The lowest BCUT2D eigenvalue weighted by Gasteiger charge is -2.44. The first-order chi connectivity index (χ1) is 13.1. The highest BCUT2D eigenvalue weighted by Gasteiger charge is 2.34. The number of piperazine rings is 1. The van der Waals surface area contributed by atoms with E-state index in [1.165, 1.54) is 19.3 Å². The Balaban J connectivity index is 1.38. The first-order valence-corrected chi connectivity index (χ1v) is 10.6. The van der Waals surface area contributed by atoms with Crippen molar-refractivity contribution in [3.8, 4) is 0 Å². The number of hydrogen-bond acceptors (Lipinski definition) is 5. The van der Waals surface area contributed by atoms with Crippen LogP contribution < -0.4 is 4.90 Å². The zero-order valence-corrected chi connectivity index (χ0v) is 17.1. The van der Waals surface area contributed by atoms with E-state index in [0.717, 1.165) is 70.9 Å². The topological polar surface area (TPSA) is 52.6 Å². The summed E-state index contributed by atoms with van der Waals surface area (Å²) >= 11 is 0. The Kier molecular flexibility index (Phi) is 7.05. The summed E-state index contributed by atoms with van der Waals surface area (Å²) in [4.78, 5) is 27.9. The number of hydrogen-bond donors (Lipinski definition) is 0. The van der Waals surface area contributed by atoms with Crippen LogP contribution in [0.15, 0.2) is 18.5 Å². The molecule has 3 rings (SSSR count). The molecule has 1 aromatic heterocycles. The van der Waals surface area contributed by atoms with Crippen molar-refractivity contribution in [1.29, 1.82) is 0 Å². The molecule has 6 nitrogen and oxygen atoms in total. The van der Waals surface area contributed by atoms with Crippen molar-refractivity contribution in [2.45, 2.75) is 64.3 Å². The van der Waals surface area contributed by atoms with Gasteiger partial charge >= 0.3 is 0 Å². The van der Waals surface area contributed by atoms with Gasteiger partial charge in [-0.25, -0.2) is 9.97 Å². The van der Waals surface area contributed by atoms with Gasteiger partial charge in [0.15, 0.2) is 0 Å². The lowest BCUT2D eigenvalue weighted by molar-refractivity contribution is -0.136. The molecule has 27 heavy (non-hydrogen) atoms. The fraction of sp³-hybridized carbons (Fsp3) is 0.762. The minimum atomic E-state index is 0.0887. The highest BCUT2D eigenvalue weighted by molar-refractivity contribution is 5.74. The SMILES string of the molecule is CC(=O)N(CCCCN1CCN(c2ncccn2)CC1)C1(C)CCCCC1. The first-order valence-electron chi connectivity index (χ1n) is 10.6. The van der Waals surface area contributed by atoms with E-state index in [4.69, 9.17) is 0 Å². The van der Waals surface area contributed by atoms with Crippen LogP contribution >= 0.6 is 0 Å². The molecule has 1 amide bonds. The van der Waals surface area contributed by atoms with Gasteiger partial charge in [-0.2, -0.15) is 0 Å². The van der Waals surface area contributed by atoms with Crippen LogP contribution in [0.3, 0.4) is 0 Å². The molecule has 1 aliphatic heterocycles. The largest absolute Gasteiger partial charge is 0.338 e. The summed E-state index contributed by atoms with van der Waals surface area (Å²) in [5, 5.41) is 0. The second-order valence-electron chi connectivity index (χ2n) is 8.31. The van der Waals surface area contributed by atoms with Gasteiger partial charge in [0.1, 0.15) is 0 Å². The molecule has 0 spiro atoms.